The molecule has 1 fully saturated rings. The second-order valence-electron chi connectivity index (χ2n) is 5.73. The molecule has 1 atom stereocenters. The molecule has 1 saturated heterocycles. The van der Waals surface area contributed by atoms with Gasteiger partial charge in [0.05, 0.1) is 22.4 Å². The van der Waals surface area contributed by atoms with Gasteiger partial charge < -0.3 is 0 Å². The second-order valence-corrected chi connectivity index (χ2v) is 7.64. The Bertz CT molecular complexity index is 720. The van der Waals surface area contributed by atoms with Gasteiger partial charge >= 0.3 is 6.18 Å². The van der Waals surface area contributed by atoms with E-state index in [-0.39, 0.29) is 19.0 Å². The second kappa shape index (κ2) is 7.09. The molecule has 1 aromatic carbocycles. The van der Waals surface area contributed by atoms with Crippen LogP contribution in [0.25, 0.3) is 0 Å². The van der Waals surface area contributed by atoms with Crippen LogP contribution in [0.15, 0.2) is 29.2 Å². The lowest BCUT2D eigenvalue weighted by Gasteiger charge is -2.34. The van der Waals surface area contributed by atoms with Crippen molar-refractivity contribution in [3.05, 3.63) is 29.8 Å². The zero-order valence-corrected chi connectivity index (χ0v) is 13.9. The summed E-state index contributed by atoms with van der Waals surface area (Å²) in [5.41, 5.74) is -1.15. The fourth-order valence-electron chi connectivity index (χ4n) is 2.65. The standard InChI is InChI=1S/C15H18F3N3O2S/c1-12(10-19)11-20-6-8-21(9-7-20)24(22,23)14-5-3-2-4-13(14)15(16,17)18/h2-5,12H,6-9,11H2,1H3/t12-/m0/s1. The van der Waals surface area contributed by atoms with Crippen molar-refractivity contribution in [3.63, 3.8) is 0 Å². The fraction of sp³-hybridized carbons (Fsp3) is 0.533. The van der Waals surface area contributed by atoms with Gasteiger partial charge in [-0.05, 0) is 19.1 Å². The summed E-state index contributed by atoms with van der Waals surface area (Å²) in [7, 11) is -4.21. The Kier molecular flexibility index (Phi) is 5.52. The van der Waals surface area contributed by atoms with E-state index in [0.717, 1.165) is 16.4 Å². The zero-order valence-electron chi connectivity index (χ0n) is 13.1. The van der Waals surface area contributed by atoms with Crippen LogP contribution >= 0.6 is 0 Å². The normalized spacial score (nSPS) is 19.0. The van der Waals surface area contributed by atoms with Crippen molar-refractivity contribution in [2.75, 3.05) is 32.7 Å². The summed E-state index contributed by atoms with van der Waals surface area (Å²) < 4.78 is 65.5. The third-order valence-electron chi connectivity index (χ3n) is 3.89. The van der Waals surface area contributed by atoms with Crippen LogP contribution in [0.3, 0.4) is 0 Å². The molecule has 1 aliphatic rings. The van der Waals surface area contributed by atoms with E-state index in [1.807, 2.05) is 4.90 Å². The molecule has 0 radical (unpaired) electrons. The number of alkyl halides is 3. The monoisotopic (exact) mass is 361 g/mol. The Morgan fingerprint density at radius 2 is 1.79 bits per heavy atom. The lowest BCUT2D eigenvalue weighted by Crippen LogP contribution is -2.49. The van der Waals surface area contributed by atoms with Crippen LogP contribution in [0.4, 0.5) is 13.2 Å². The topological polar surface area (TPSA) is 64.4 Å². The Morgan fingerprint density at radius 1 is 1.21 bits per heavy atom. The maximum atomic E-state index is 13.1. The van der Waals surface area contributed by atoms with Gasteiger partial charge in [-0.1, -0.05) is 12.1 Å². The van der Waals surface area contributed by atoms with Crippen LogP contribution in [-0.4, -0.2) is 50.3 Å². The summed E-state index contributed by atoms with van der Waals surface area (Å²) in [5, 5.41) is 8.81. The fourth-order valence-corrected chi connectivity index (χ4v) is 4.28. The average molecular weight is 361 g/mol. The number of piperazine rings is 1. The molecule has 132 valence electrons. The number of hydrogen-bond donors (Lipinski definition) is 0. The summed E-state index contributed by atoms with van der Waals surface area (Å²) in [5.74, 6) is -0.181. The Labute approximate surface area is 139 Å². The average Bonchev–Trinajstić information content (AvgIpc) is 2.54. The molecule has 1 heterocycles. The van der Waals surface area contributed by atoms with Crippen LogP contribution in [0.1, 0.15) is 12.5 Å². The molecule has 2 rings (SSSR count). The minimum atomic E-state index is -4.73. The highest BCUT2D eigenvalue weighted by Gasteiger charge is 2.39. The number of nitrogens with zero attached hydrogens (tertiary/aromatic N) is 3. The van der Waals surface area contributed by atoms with Crippen LogP contribution in [0.2, 0.25) is 0 Å². The van der Waals surface area contributed by atoms with Gasteiger partial charge in [0.15, 0.2) is 0 Å². The molecular weight excluding hydrogens is 343 g/mol. The first-order chi connectivity index (χ1) is 11.2. The number of halogens is 3. The molecule has 0 spiro atoms. The van der Waals surface area contributed by atoms with E-state index in [0.29, 0.717) is 19.6 Å². The molecule has 0 amide bonds. The van der Waals surface area contributed by atoms with Crippen molar-refractivity contribution < 1.29 is 21.6 Å². The van der Waals surface area contributed by atoms with Crippen LogP contribution in [0.5, 0.6) is 0 Å². The van der Waals surface area contributed by atoms with Gasteiger partial charge in [-0.15, -0.1) is 0 Å². The van der Waals surface area contributed by atoms with Crippen molar-refractivity contribution in [3.8, 4) is 6.07 Å². The van der Waals surface area contributed by atoms with E-state index < -0.39 is 26.7 Å². The smallest absolute Gasteiger partial charge is 0.299 e. The van der Waals surface area contributed by atoms with Gasteiger partial charge in [-0.3, -0.25) is 4.90 Å². The first-order valence-corrected chi connectivity index (χ1v) is 8.88. The van der Waals surface area contributed by atoms with E-state index in [2.05, 4.69) is 6.07 Å². The van der Waals surface area contributed by atoms with Crippen molar-refractivity contribution >= 4 is 10.0 Å². The molecular formula is C15H18F3N3O2S. The third-order valence-corrected chi connectivity index (χ3v) is 5.85. The van der Waals surface area contributed by atoms with Crippen LogP contribution in [-0.2, 0) is 16.2 Å². The molecule has 0 aromatic heterocycles. The van der Waals surface area contributed by atoms with Crippen molar-refractivity contribution in [1.29, 1.82) is 5.26 Å². The highest BCUT2D eigenvalue weighted by atomic mass is 32.2. The minimum Gasteiger partial charge on any atom is -0.299 e. The molecule has 5 nitrogen and oxygen atoms in total. The summed E-state index contributed by atoms with van der Waals surface area (Å²) in [4.78, 5) is 1.23. The van der Waals surface area contributed by atoms with Gasteiger partial charge in [-0.25, -0.2) is 8.42 Å². The predicted molar refractivity (Wildman–Crippen MR) is 81.4 cm³/mol. The van der Waals surface area contributed by atoms with Gasteiger partial charge in [0, 0.05) is 32.7 Å². The maximum absolute atomic E-state index is 13.1. The molecule has 0 aliphatic carbocycles. The molecule has 24 heavy (non-hydrogen) atoms. The molecule has 0 unspecified atom stereocenters. The summed E-state index contributed by atoms with van der Waals surface area (Å²) in [6, 6.07) is 6.32. The van der Waals surface area contributed by atoms with Crippen molar-refractivity contribution in [2.45, 2.75) is 18.0 Å². The summed E-state index contributed by atoms with van der Waals surface area (Å²) >= 11 is 0. The Hall–Kier alpha value is -1.63. The van der Waals surface area contributed by atoms with E-state index in [1.54, 1.807) is 6.92 Å². The molecule has 1 aliphatic heterocycles. The van der Waals surface area contributed by atoms with E-state index in [4.69, 9.17) is 5.26 Å². The number of benzene rings is 1. The predicted octanol–water partition coefficient (Wildman–Crippen LogP) is 2.17. The summed E-state index contributed by atoms with van der Waals surface area (Å²) in [6.45, 7) is 3.27. The number of sulfonamides is 1. The molecule has 0 bridgehead atoms. The third kappa shape index (κ3) is 4.06. The maximum Gasteiger partial charge on any atom is 0.417 e. The Balaban J connectivity index is 2.18. The summed E-state index contributed by atoms with van der Waals surface area (Å²) in [6.07, 6.45) is -4.73. The van der Waals surface area contributed by atoms with Crippen molar-refractivity contribution in [1.82, 2.24) is 9.21 Å². The van der Waals surface area contributed by atoms with E-state index in [9.17, 15) is 21.6 Å². The first kappa shape index (κ1) is 18.7. The van der Waals surface area contributed by atoms with Crippen molar-refractivity contribution in [2.24, 2.45) is 5.92 Å². The van der Waals surface area contributed by atoms with Gasteiger partial charge in [0.25, 0.3) is 0 Å². The largest absolute Gasteiger partial charge is 0.417 e. The Morgan fingerprint density at radius 3 is 2.33 bits per heavy atom. The number of rotatable bonds is 4. The lowest BCUT2D eigenvalue weighted by molar-refractivity contribution is -0.139. The van der Waals surface area contributed by atoms with Crippen LogP contribution in [0, 0.1) is 17.2 Å². The van der Waals surface area contributed by atoms with Gasteiger partial charge in [0.1, 0.15) is 0 Å². The van der Waals surface area contributed by atoms with Crippen LogP contribution < -0.4 is 0 Å². The van der Waals surface area contributed by atoms with E-state index >= 15 is 0 Å². The molecule has 0 saturated carbocycles. The first-order valence-electron chi connectivity index (χ1n) is 7.44. The highest BCUT2D eigenvalue weighted by molar-refractivity contribution is 7.89. The van der Waals surface area contributed by atoms with Gasteiger partial charge in [0.2, 0.25) is 10.0 Å². The SMILES string of the molecule is C[C@@H](C#N)CN1CCN(S(=O)(=O)c2ccccc2C(F)(F)F)CC1. The molecule has 9 heteroatoms. The number of hydrogen-bond acceptors (Lipinski definition) is 4. The molecule has 0 N–H and O–H groups in total. The zero-order chi connectivity index (χ0) is 18.0. The lowest BCUT2D eigenvalue weighted by atomic mass is 10.2. The minimum absolute atomic E-state index is 0.104. The van der Waals surface area contributed by atoms with E-state index in [1.165, 1.54) is 12.1 Å². The quantitative estimate of drug-likeness (QED) is 0.825. The molecule has 1 aromatic rings. The van der Waals surface area contributed by atoms with Gasteiger partial charge in [-0.2, -0.15) is 22.7 Å². The highest BCUT2D eigenvalue weighted by Crippen LogP contribution is 2.35. The number of nitriles is 1.